The topological polar surface area (TPSA) is 89.1 Å². The van der Waals surface area contributed by atoms with Gasteiger partial charge in [0.05, 0.1) is 6.42 Å². The Bertz CT molecular complexity index is 564. The molecule has 19 heavy (non-hydrogen) atoms. The SMILES string of the molecule is Cc1ccc(-c2ncc([C@@H](N)CC(=O)O)cn2)cc1. The van der Waals surface area contributed by atoms with Crippen LogP contribution in [0, 0.1) is 6.92 Å². The molecule has 2 rings (SSSR count). The van der Waals surface area contributed by atoms with Gasteiger partial charge in [0.1, 0.15) is 0 Å². The third-order valence-corrected chi connectivity index (χ3v) is 2.80. The first-order valence-electron chi connectivity index (χ1n) is 5.92. The molecule has 0 spiro atoms. The number of nitrogens with two attached hydrogens (primary N) is 1. The number of aryl methyl sites for hydroxylation is 1. The van der Waals surface area contributed by atoms with Crippen molar-refractivity contribution in [2.24, 2.45) is 5.73 Å². The van der Waals surface area contributed by atoms with E-state index in [1.807, 2.05) is 31.2 Å². The average Bonchev–Trinajstić information content (AvgIpc) is 2.39. The van der Waals surface area contributed by atoms with Crippen molar-refractivity contribution in [1.82, 2.24) is 9.97 Å². The summed E-state index contributed by atoms with van der Waals surface area (Å²) in [5, 5.41) is 8.68. The Morgan fingerprint density at radius 3 is 2.37 bits per heavy atom. The number of carboxylic acids is 1. The Morgan fingerprint density at radius 2 is 1.84 bits per heavy atom. The summed E-state index contributed by atoms with van der Waals surface area (Å²) in [4.78, 5) is 19.0. The number of carboxylic acid groups (broad SMARTS) is 1. The first-order valence-corrected chi connectivity index (χ1v) is 5.92. The zero-order valence-electron chi connectivity index (χ0n) is 10.6. The number of benzene rings is 1. The minimum absolute atomic E-state index is 0.132. The standard InChI is InChI=1S/C14H15N3O2/c1-9-2-4-10(5-3-9)14-16-7-11(8-17-14)12(15)6-13(18)19/h2-5,7-8,12H,6,15H2,1H3,(H,18,19)/t12-/m0/s1. The third-order valence-electron chi connectivity index (χ3n) is 2.80. The van der Waals surface area contributed by atoms with E-state index in [1.165, 1.54) is 5.56 Å². The number of hydrogen-bond acceptors (Lipinski definition) is 4. The van der Waals surface area contributed by atoms with Gasteiger partial charge in [-0.3, -0.25) is 4.79 Å². The Morgan fingerprint density at radius 1 is 1.26 bits per heavy atom. The van der Waals surface area contributed by atoms with Crippen LogP contribution in [-0.2, 0) is 4.79 Å². The fourth-order valence-corrected chi connectivity index (χ4v) is 1.69. The Kier molecular flexibility index (Phi) is 3.87. The van der Waals surface area contributed by atoms with Gasteiger partial charge in [0.15, 0.2) is 5.82 Å². The maximum Gasteiger partial charge on any atom is 0.305 e. The van der Waals surface area contributed by atoms with Gasteiger partial charge in [-0.2, -0.15) is 0 Å². The fourth-order valence-electron chi connectivity index (χ4n) is 1.69. The molecule has 1 atom stereocenters. The van der Waals surface area contributed by atoms with E-state index in [0.717, 1.165) is 5.56 Å². The number of aliphatic carboxylic acids is 1. The fraction of sp³-hybridized carbons (Fsp3) is 0.214. The molecule has 0 aliphatic rings. The molecule has 98 valence electrons. The number of carbonyl (C=O) groups is 1. The lowest BCUT2D eigenvalue weighted by atomic mass is 10.1. The van der Waals surface area contributed by atoms with E-state index in [0.29, 0.717) is 11.4 Å². The van der Waals surface area contributed by atoms with Gasteiger partial charge in [0.25, 0.3) is 0 Å². The lowest BCUT2D eigenvalue weighted by Gasteiger charge is -2.08. The molecule has 0 radical (unpaired) electrons. The van der Waals surface area contributed by atoms with Crippen LogP contribution >= 0.6 is 0 Å². The van der Waals surface area contributed by atoms with E-state index >= 15 is 0 Å². The molecule has 1 aromatic carbocycles. The van der Waals surface area contributed by atoms with Gasteiger partial charge < -0.3 is 10.8 Å². The Balaban J connectivity index is 2.18. The first kappa shape index (κ1) is 13.2. The summed E-state index contributed by atoms with van der Waals surface area (Å²) in [6.45, 7) is 2.01. The first-order chi connectivity index (χ1) is 9.06. The van der Waals surface area contributed by atoms with Crippen molar-refractivity contribution in [1.29, 1.82) is 0 Å². The molecule has 0 unspecified atom stereocenters. The van der Waals surface area contributed by atoms with Gasteiger partial charge in [-0.15, -0.1) is 0 Å². The van der Waals surface area contributed by atoms with Crippen molar-refractivity contribution >= 4 is 5.97 Å². The summed E-state index contributed by atoms with van der Waals surface area (Å²) in [5.41, 5.74) is 8.46. The van der Waals surface area contributed by atoms with Crippen LogP contribution in [0.3, 0.4) is 0 Å². The van der Waals surface area contributed by atoms with Crippen LogP contribution in [0.15, 0.2) is 36.7 Å². The number of rotatable bonds is 4. The minimum Gasteiger partial charge on any atom is -0.481 e. The van der Waals surface area contributed by atoms with Crippen LogP contribution < -0.4 is 5.73 Å². The zero-order chi connectivity index (χ0) is 13.8. The van der Waals surface area contributed by atoms with Crippen molar-refractivity contribution in [2.75, 3.05) is 0 Å². The molecule has 2 aromatic rings. The molecule has 5 heteroatoms. The molecule has 0 saturated carbocycles. The highest BCUT2D eigenvalue weighted by atomic mass is 16.4. The van der Waals surface area contributed by atoms with Crippen LogP contribution in [0.5, 0.6) is 0 Å². The summed E-state index contributed by atoms with van der Waals surface area (Å²) < 4.78 is 0. The van der Waals surface area contributed by atoms with Gasteiger partial charge >= 0.3 is 5.97 Å². The monoisotopic (exact) mass is 257 g/mol. The molecule has 0 aliphatic heterocycles. The van der Waals surface area contributed by atoms with Crippen molar-refractivity contribution < 1.29 is 9.90 Å². The molecular weight excluding hydrogens is 242 g/mol. The highest BCUT2D eigenvalue weighted by Gasteiger charge is 2.11. The van der Waals surface area contributed by atoms with Crippen LogP contribution in [0.25, 0.3) is 11.4 Å². The van der Waals surface area contributed by atoms with Gasteiger partial charge in [-0.25, -0.2) is 9.97 Å². The highest BCUT2D eigenvalue weighted by molar-refractivity contribution is 5.67. The number of aromatic nitrogens is 2. The van der Waals surface area contributed by atoms with Crippen molar-refractivity contribution in [3.05, 3.63) is 47.8 Å². The molecule has 5 nitrogen and oxygen atoms in total. The smallest absolute Gasteiger partial charge is 0.305 e. The van der Waals surface area contributed by atoms with Crippen LogP contribution in [0.1, 0.15) is 23.6 Å². The van der Waals surface area contributed by atoms with Crippen LogP contribution in [0.4, 0.5) is 0 Å². The van der Waals surface area contributed by atoms with Gasteiger partial charge in [-0.05, 0) is 6.92 Å². The van der Waals surface area contributed by atoms with Crippen molar-refractivity contribution in [3.8, 4) is 11.4 Å². The van der Waals surface area contributed by atoms with Gasteiger partial charge in [0.2, 0.25) is 0 Å². The summed E-state index contributed by atoms with van der Waals surface area (Å²) in [7, 11) is 0. The molecule has 0 bridgehead atoms. The predicted molar refractivity (Wildman–Crippen MR) is 71.4 cm³/mol. The second kappa shape index (κ2) is 5.58. The summed E-state index contributed by atoms with van der Waals surface area (Å²) >= 11 is 0. The molecule has 0 aliphatic carbocycles. The third kappa shape index (κ3) is 3.35. The molecule has 0 amide bonds. The lowest BCUT2D eigenvalue weighted by Crippen LogP contribution is -2.15. The van der Waals surface area contributed by atoms with E-state index in [9.17, 15) is 4.79 Å². The van der Waals surface area contributed by atoms with Crippen LogP contribution in [0.2, 0.25) is 0 Å². The van der Waals surface area contributed by atoms with E-state index < -0.39 is 12.0 Å². The number of nitrogens with zero attached hydrogens (tertiary/aromatic N) is 2. The van der Waals surface area contributed by atoms with Crippen molar-refractivity contribution in [2.45, 2.75) is 19.4 Å². The van der Waals surface area contributed by atoms with E-state index in [4.69, 9.17) is 10.8 Å². The largest absolute Gasteiger partial charge is 0.481 e. The lowest BCUT2D eigenvalue weighted by molar-refractivity contribution is -0.137. The second-order valence-corrected chi connectivity index (χ2v) is 4.41. The Labute approximate surface area is 111 Å². The molecule has 1 heterocycles. The van der Waals surface area contributed by atoms with E-state index in [2.05, 4.69) is 9.97 Å². The maximum atomic E-state index is 10.6. The zero-order valence-corrected chi connectivity index (χ0v) is 10.6. The van der Waals surface area contributed by atoms with E-state index in [1.54, 1.807) is 12.4 Å². The normalized spacial score (nSPS) is 12.1. The van der Waals surface area contributed by atoms with Crippen molar-refractivity contribution in [3.63, 3.8) is 0 Å². The average molecular weight is 257 g/mol. The molecule has 3 N–H and O–H groups in total. The molecule has 0 saturated heterocycles. The highest BCUT2D eigenvalue weighted by Crippen LogP contribution is 2.17. The predicted octanol–water partition coefficient (Wildman–Crippen LogP) is 1.93. The minimum atomic E-state index is -0.935. The molecular formula is C14H15N3O2. The summed E-state index contributed by atoms with van der Waals surface area (Å²) in [6.07, 6.45) is 3.03. The molecule has 1 aromatic heterocycles. The van der Waals surface area contributed by atoms with E-state index in [-0.39, 0.29) is 6.42 Å². The molecule has 0 fully saturated rings. The summed E-state index contributed by atoms with van der Waals surface area (Å²) in [6, 6.07) is 7.29. The Hall–Kier alpha value is -2.27. The summed E-state index contributed by atoms with van der Waals surface area (Å²) in [5.74, 6) is -0.332. The quantitative estimate of drug-likeness (QED) is 0.873. The second-order valence-electron chi connectivity index (χ2n) is 4.41. The van der Waals surface area contributed by atoms with Gasteiger partial charge in [0, 0.05) is 29.6 Å². The maximum absolute atomic E-state index is 10.6. The van der Waals surface area contributed by atoms with Crippen LogP contribution in [-0.4, -0.2) is 21.0 Å². The van der Waals surface area contributed by atoms with Gasteiger partial charge in [-0.1, -0.05) is 29.8 Å². The number of hydrogen-bond donors (Lipinski definition) is 2.